The topological polar surface area (TPSA) is 125 Å². The summed E-state index contributed by atoms with van der Waals surface area (Å²) in [5, 5.41) is 11.3. The molecular formula is C15H18ClN5O4. The zero-order valence-electron chi connectivity index (χ0n) is 13.2. The molecule has 1 aliphatic carbocycles. The molecule has 2 amide bonds. The van der Waals surface area contributed by atoms with Gasteiger partial charge in [0.25, 0.3) is 11.8 Å². The molecule has 2 fully saturated rings. The van der Waals surface area contributed by atoms with Crippen molar-refractivity contribution in [2.75, 3.05) is 0 Å². The molecule has 4 N–H and O–H groups in total. The molecule has 9 nitrogen and oxygen atoms in total. The average molecular weight is 368 g/mol. The van der Waals surface area contributed by atoms with Gasteiger partial charge < -0.3 is 0 Å². The van der Waals surface area contributed by atoms with Gasteiger partial charge in [-0.15, -0.1) is 0 Å². The molecule has 10 heteroatoms. The summed E-state index contributed by atoms with van der Waals surface area (Å²) in [5.74, 6) is -1.20. The highest BCUT2D eigenvalue weighted by Crippen LogP contribution is 2.31. The standard InChI is InChI=1S/C15H18ClN5O4/c16-11-4-2-1-3-9(11)14(22)19-20-15(23)13-10-7-8(21(24)25)5-6-12(10)17-18-13/h1-4,8,10,12-13,17-18H,5-7H2,(H,19,22)(H,20,23). The van der Waals surface area contributed by atoms with Gasteiger partial charge in [-0.25, -0.2) is 5.43 Å². The zero-order chi connectivity index (χ0) is 18.0. The van der Waals surface area contributed by atoms with Crippen LogP contribution in [0.1, 0.15) is 29.6 Å². The first kappa shape index (κ1) is 17.6. The fourth-order valence-corrected chi connectivity index (χ4v) is 3.62. The number of halogens is 1. The fraction of sp³-hybridized carbons (Fsp3) is 0.467. The summed E-state index contributed by atoms with van der Waals surface area (Å²) in [5.41, 5.74) is 10.8. The van der Waals surface area contributed by atoms with Crippen molar-refractivity contribution >= 4 is 23.4 Å². The molecule has 0 aromatic heterocycles. The van der Waals surface area contributed by atoms with Gasteiger partial charge in [-0.1, -0.05) is 23.7 Å². The number of carbonyl (C=O) groups is 2. The summed E-state index contributed by atoms with van der Waals surface area (Å²) in [4.78, 5) is 35.2. The van der Waals surface area contributed by atoms with Crippen LogP contribution in [0.25, 0.3) is 0 Å². The fourth-order valence-electron chi connectivity index (χ4n) is 3.39. The van der Waals surface area contributed by atoms with Crippen molar-refractivity contribution in [2.24, 2.45) is 5.92 Å². The van der Waals surface area contributed by atoms with E-state index in [1.165, 1.54) is 6.07 Å². The Bertz CT molecular complexity index is 700. The number of hydrazine groups is 2. The number of hydrogen-bond donors (Lipinski definition) is 4. The predicted octanol–water partition coefficient (Wildman–Crippen LogP) is 0.391. The van der Waals surface area contributed by atoms with Crippen molar-refractivity contribution in [3.63, 3.8) is 0 Å². The number of amides is 2. The van der Waals surface area contributed by atoms with Crippen LogP contribution in [0.2, 0.25) is 5.02 Å². The minimum Gasteiger partial charge on any atom is -0.271 e. The van der Waals surface area contributed by atoms with Gasteiger partial charge in [-0.2, -0.15) is 0 Å². The largest absolute Gasteiger partial charge is 0.271 e. The van der Waals surface area contributed by atoms with Crippen molar-refractivity contribution < 1.29 is 14.5 Å². The Morgan fingerprint density at radius 1 is 1.20 bits per heavy atom. The molecule has 1 saturated carbocycles. The third-order valence-corrected chi connectivity index (χ3v) is 5.05. The molecule has 1 aliphatic heterocycles. The molecule has 25 heavy (non-hydrogen) atoms. The molecular weight excluding hydrogens is 350 g/mol. The van der Waals surface area contributed by atoms with E-state index in [2.05, 4.69) is 21.7 Å². The van der Waals surface area contributed by atoms with Crippen LogP contribution >= 0.6 is 11.6 Å². The molecule has 134 valence electrons. The summed E-state index contributed by atoms with van der Waals surface area (Å²) in [6.07, 6.45) is 1.42. The van der Waals surface area contributed by atoms with Crippen LogP contribution in [-0.2, 0) is 4.79 Å². The van der Waals surface area contributed by atoms with Gasteiger partial charge in [0.05, 0.1) is 10.6 Å². The zero-order valence-corrected chi connectivity index (χ0v) is 14.0. The van der Waals surface area contributed by atoms with Crippen LogP contribution < -0.4 is 21.7 Å². The molecule has 4 atom stereocenters. The number of nitrogens with zero attached hydrogens (tertiary/aromatic N) is 1. The van der Waals surface area contributed by atoms with E-state index >= 15 is 0 Å². The monoisotopic (exact) mass is 367 g/mol. The number of nitrogens with one attached hydrogen (secondary N) is 4. The predicted molar refractivity (Wildman–Crippen MR) is 89.0 cm³/mol. The second-order valence-corrected chi connectivity index (χ2v) is 6.62. The van der Waals surface area contributed by atoms with Crippen molar-refractivity contribution in [2.45, 2.75) is 37.4 Å². The van der Waals surface area contributed by atoms with Crippen LogP contribution in [-0.4, -0.2) is 34.9 Å². The third-order valence-electron chi connectivity index (χ3n) is 4.72. The van der Waals surface area contributed by atoms with Gasteiger partial charge >= 0.3 is 0 Å². The van der Waals surface area contributed by atoms with Gasteiger partial charge in [-0.05, 0) is 18.6 Å². The number of fused-ring (bicyclic) bond motifs is 1. The Morgan fingerprint density at radius 3 is 2.68 bits per heavy atom. The molecule has 1 aromatic carbocycles. The second-order valence-electron chi connectivity index (χ2n) is 6.21. The van der Waals surface area contributed by atoms with Gasteiger partial charge in [-0.3, -0.25) is 36.0 Å². The molecule has 2 aliphatic rings. The number of rotatable bonds is 3. The maximum absolute atomic E-state index is 12.4. The number of benzene rings is 1. The first-order chi connectivity index (χ1) is 12.0. The van der Waals surface area contributed by atoms with Crippen molar-refractivity contribution in [1.29, 1.82) is 0 Å². The molecule has 0 spiro atoms. The van der Waals surface area contributed by atoms with E-state index in [9.17, 15) is 19.7 Å². The number of hydrogen-bond acceptors (Lipinski definition) is 6. The number of nitro groups is 1. The normalized spacial score (nSPS) is 28.0. The second kappa shape index (κ2) is 7.34. The molecule has 0 radical (unpaired) electrons. The van der Waals surface area contributed by atoms with E-state index in [0.29, 0.717) is 19.3 Å². The van der Waals surface area contributed by atoms with Crippen LogP contribution in [0, 0.1) is 16.0 Å². The quantitative estimate of drug-likeness (QED) is 0.452. The van der Waals surface area contributed by atoms with E-state index in [-0.39, 0.29) is 27.5 Å². The lowest BCUT2D eigenvalue weighted by Crippen LogP contribution is -2.52. The van der Waals surface area contributed by atoms with E-state index in [1.807, 2.05) is 0 Å². The van der Waals surface area contributed by atoms with Gasteiger partial charge in [0.1, 0.15) is 6.04 Å². The van der Waals surface area contributed by atoms with Crippen LogP contribution in [0.5, 0.6) is 0 Å². The van der Waals surface area contributed by atoms with Gasteiger partial charge in [0, 0.05) is 29.7 Å². The van der Waals surface area contributed by atoms with E-state index < -0.39 is 23.9 Å². The Balaban J connectivity index is 1.59. The van der Waals surface area contributed by atoms with Crippen molar-refractivity contribution in [3.05, 3.63) is 45.0 Å². The summed E-state index contributed by atoms with van der Waals surface area (Å²) < 4.78 is 0. The van der Waals surface area contributed by atoms with E-state index in [1.54, 1.807) is 18.2 Å². The van der Waals surface area contributed by atoms with Crippen molar-refractivity contribution in [1.82, 2.24) is 21.7 Å². The smallest absolute Gasteiger partial charge is 0.271 e. The molecule has 1 heterocycles. The van der Waals surface area contributed by atoms with E-state index in [0.717, 1.165) is 0 Å². The average Bonchev–Trinajstić information content (AvgIpc) is 3.03. The third kappa shape index (κ3) is 3.73. The highest BCUT2D eigenvalue weighted by molar-refractivity contribution is 6.33. The van der Waals surface area contributed by atoms with Gasteiger partial charge in [0.2, 0.25) is 6.04 Å². The Labute approximate surface area is 148 Å². The van der Waals surface area contributed by atoms with Crippen LogP contribution in [0.3, 0.4) is 0 Å². The summed E-state index contributed by atoms with van der Waals surface area (Å²) in [6.45, 7) is 0. The minimum atomic E-state index is -0.653. The Kier molecular flexibility index (Phi) is 5.16. The Hall–Kier alpha value is -2.23. The summed E-state index contributed by atoms with van der Waals surface area (Å²) in [7, 11) is 0. The van der Waals surface area contributed by atoms with E-state index in [4.69, 9.17) is 11.6 Å². The molecule has 4 unspecified atom stereocenters. The lowest BCUT2D eigenvalue weighted by molar-refractivity contribution is -0.528. The molecule has 1 saturated heterocycles. The highest BCUT2D eigenvalue weighted by atomic mass is 35.5. The number of carbonyl (C=O) groups excluding carboxylic acids is 2. The van der Waals surface area contributed by atoms with Crippen molar-refractivity contribution in [3.8, 4) is 0 Å². The van der Waals surface area contributed by atoms with Crippen LogP contribution in [0.15, 0.2) is 24.3 Å². The molecule has 3 rings (SSSR count). The summed E-state index contributed by atoms with van der Waals surface area (Å²) in [6, 6.07) is 5.18. The highest BCUT2D eigenvalue weighted by Gasteiger charge is 2.46. The maximum Gasteiger partial charge on any atom is 0.271 e. The van der Waals surface area contributed by atoms with Crippen LogP contribution in [0.4, 0.5) is 0 Å². The van der Waals surface area contributed by atoms with Gasteiger partial charge in [0.15, 0.2) is 0 Å². The lowest BCUT2D eigenvalue weighted by Gasteiger charge is -2.28. The first-order valence-corrected chi connectivity index (χ1v) is 8.34. The lowest BCUT2D eigenvalue weighted by atomic mass is 9.79. The molecule has 0 bridgehead atoms. The Morgan fingerprint density at radius 2 is 1.96 bits per heavy atom. The maximum atomic E-state index is 12.4. The molecule has 1 aromatic rings. The SMILES string of the molecule is O=C(NNC(=O)C1NNC2CCC([N+](=O)[O-])CC21)c1ccccc1Cl. The minimum absolute atomic E-state index is 0.00576. The first-order valence-electron chi connectivity index (χ1n) is 7.96. The summed E-state index contributed by atoms with van der Waals surface area (Å²) >= 11 is 5.94.